The molecule has 5 heteroatoms. The predicted molar refractivity (Wildman–Crippen MR) is 110 cm³/mol. The third-order valence-electron chi connectivity index (χ3n) is 5.54. The number of hydrogen-bond donors (Lipinski definition) is 2. The van der Waals surface area contributed by atoms with Gasteiger partial charge in [0.25, 0.3) is 5.91 Å². The van der Waals surface area contributed by atoms with E-state index in [1.807, 2.05) is 10.7 Å². The van der Waals surface area contributed by atoms with Crippen LogP contribution in [0.4, 0.5) is 5.82 Å². The molecule has 0 bridgehead atoms. The standard InChI is InChI=1S/C22H32N4O/c1-14(2)19(15(3)4)25-21(27)17-13-23-26-20(17)24-18(12-22(26,5)6)16-10-8-7-9-11-16/h7-11,13-15,18-19,24H,12H2,1-6H3,(H,25,27). The van der Waals surface area contributed by atoms with Crippen molar-refractivity contribution in [3.63, 3.8) is 0 Å². The summed E-state index contributed by atoms with van der Waals surface area (Å²) in [6.07, 6.45) is 2.61. The summed E-state index contributed by atoms with van der Waals surface area (Å²) in [6.45, 7) is 12.9. The molecule has 1 aromatic heterocycles. The van der Waals surface area contributed by atoms with Crippen LogP contribution in [0.25, 0.3) is 0 Å². The molecule has 0 fully saturated rings. The molecule has 2 N–H and O–H groups in total. The summed E-state index contributed by atoms with van der Waals surface area (Å²) in [5, 5.41) is 11.3. The number of benzene rings is 1. The highest BCUT2D eigenvalue weighted by Gasteiger charge is 2.37. The van der Waals surface area contributed by atoms with Crippen molar-refractivity contribution in [3.8, 4) is 0 Å². The molecule has 2 heterocycles. The van der Waals surface area contributed by atoms with Crippen LogP contribution in [0.1, 0.15) is 69.9 Å². The van der Waals surface area contributed by atoms with Crippen LogP contribution < -0.4 is 10.6 Å². The molecule has 0 aliphatic carbocycles. The Morgan fingerprint density at radius 3 is 2.41 bits per heavy atom. The maximum absolute atomic E-state index is 13.0. The van der Waals surface area contributed by atoms with Gasteiger partial charge in [-0.25, -0.2) is 4.68 Å². The molecule has 146 valence electrons. The first-order valence-electron chi connectivity index (χ1n) is 9.91. The highest BCUT2D eigenvalue weighted by Crippen LogP contribution is 2.39. The summed E-state index contributed by atoms with van der Waals surface area (Å²) in [7, 11) is 0. The zero-order valence-corrected chi connectivity index (χ0v) is 17.3. The van der Waals surface area contributed by atoms with Crippen LogP contribution in [0.3, 0.4) is 0 Å². The summed E-state index contributed by atoms with van der Waals surface area (Å²) in [4.78, 5) is 13.0. The summed E-state index contributed by atoms with van der Waals surface area (Å²) in [6, 6.07) is 10.7. The van der Waals surface area contributed by atoms with Crippen LogP contribution in [0.2, 0.25) is 0 Å². The average Bonchev–Trinajstić information content (AvgIpc) is 3.04. The predicted octanol–water partition coefficient (Wildman–Crippen LogP) is 4.59. The number of rotatable bonds is 5. The highest BCUT2D eigenvalue weighted by atomic mass is 16.1. The Bertz CT molecular complexity index is 784. The van der Waals surface area contributed by atoms with Crippen LogP contribution in [0.5, 0.6) is 0 Å². The Hall–Kier alpha value is -2.30. The van der Waals surface area contributed by atoms with Gasteiger partial charge in [-0.15, -0.1) is 0 Å². The van der Waals surface area contributed by atoms with E-state index in [9.17, 15) is 4.79 Å². The Morgan fingerprint density at radius 1 is 1.19 bits per heavy atom. The largest absolute Gasteiger partial charge is 0.363 e. The minimum absolute atomic E-state index is 0.0549. The summed E-state index contributed by atoms with van der Waals surface area (Å²) in [5.41, 5.74) is 1.68. The van der Waals surface area contributed by atoms with Crippen LogP contribution in [-0.4, -0.2) is 21.7 Å². The maximum atomic E-state index is 13.0. The molecule has 1 atom stereocenters. The number of nitrogens with one attached hydrogen (secondary N) is 2. The molecule has 1 aromatic carbocycles. The second-order valence-corrected chi connectivity index (χ2v) is 8.93. The van der Waals surface area contributed by atoms with Gasteiger partial charge in [-0.3, -0.25) is 4.79 Å². The molecule has 1 unspecified atom stereocenters. The SMILES string of the molecule is CC(C)C(NC(=O)c1cnn2c1NC(c1ccccc1)CC2(C)C)C(C)C. The minimum atomic E-state index is -0.172. The number of nitrogens with zero attached hydrogens (tertiary/aromatic N) is 2. The van der Waals surface area contributed by atoms with E-state index in [1.54, 1.807) is 6.20 Å². The summed E-state index contributed by atoms with van der Waals surface area (Å²) < 4.78 is 1.96. The van der Waals surface area contributed by atoms with Crippen LogP contribution in [0.15, 0.2) is 36.5 Å². The van der Waals surface area contributed by atoms with Crippen molar-refractivity contribution in [1.82, 2.24) is 15.1 Å². The van der Waals surface area contributed by atoms with Gasteiger partial charge in [-0.05, 0) is 37.7 Å². The number of anilines is 1. The first-order chi connectivity index (χ1) is 12.7. The van der Waals surface area contributed by atoms with E-state index in [4.69, 9.17) is 0 Å². The van der Waals surface area contributed by atoms with E-state index in [1.165, 1.54) is 5.56 Å². The summed E-state index contributed by atoms with van der Waals surface area (Å²) in [5.74, 6) is 1.51. The molecule has 5 nitrogen and oxygen atoms in total. The topological polar surface area (TPSA) is 59.0 Å². The molecule has 27 heavy (non-hydrogen) atoms. The fourth-order valence-electron chi connectivity index (χ4n) is 4.13. The minimum Gasteiger partial charge on any atom is -0.363 e. The number of aromatic nitrogens is 2. The van der Waals surface area contributed by atoms with Crippen LogP contribution >= 0.6 is 0 Å². The number of amides is 1. The summed E-state index contributed by atoms with van der Waals surface area (Å²) >= 11 is 0. The molecule has 0 radical (unpaired) electrons. The second kappa shape index (κ2) is 7.37. The van der Waals surface area contributed by atoms with Gasteiger partial charge in [-0.2, -0.15) is 5.10 Å². The van der Waals surface area contributed by atoms with Crippen molar-refractivity contribution < 1.29 is 4.79 Å². The van der Waals surface area contributed by atoms with Crippen LogP contribution in [0, 0.1) is 11.8 Å². The quantitative estimate of drug-likeness (QED) is 0.812. The molecule has 1 aliphatic heterocycles. The van der Waals surface area contributed by atoms with E-state index in [0.29, 0.717) is 17.4 Å². The monoisotopic (exact) mass is 368 g/mol. The van der Waals surface area contributed by atoms with Gasteiger partial charge >= 0.3 is 0 Å². The fraction of sp³-hybridized carbons (Fsp3) is 0.545. The first-order valence-corrected chi connectivity index (χ1v) is 9.91. The zero-order chi connectivity index (χ0) is 19.8. The van der Waals surface area contributed by atoms with E-state index in [-0.39, 0.29) is 23.5 Å². The van der Waals surface area contributed by atoms with Crippen molar-refractivity contribution in [3.05, 3.63) is 47.7 Å². The number of carbonyl (C=O) groups is 1. The first kappa shape index (κ1) is 19.5. The molecule has 1 amide bonds. The van der Waals surface area contributed by atoms with Gasteiger partial charge in [0.05, 0.1) is 17.8 Å². The third-order valence-corrected chi connectivity index (χ3v) is 5.54. The van der Waals surface area contributed by atoms with Gasteiger partial charge in [0.15, 0.2) is 0 Å². The Morgan fingerprint density at radius 2 is 1.81 bits per heavy atom. The molecule has 0 saturated carbocycles. The van der Waals surface area contributed by atoms with Crippen molar-refractivity contribution in [1.29, 1.82) is 0 Å². The van der Waals surface area contributed by atoms with Gasteiger partial charge in [0, 0.05) is 6.04 Å². The van der Waals surface area contributed by atoms with Gasteiger partial charge in [0.2, 0.25) is 0 Å². The Labute approximate surface area is 162 Å². The van der Waals surface area contributed by atoms with E-state index >= 15 is 0 Å². The van der Waals surface area contributed by atoms with Crippen molar-refractivity contribution in [2.75, 3.05) is 5.32 Å². The smallest absolute Gasteiger partial charge is 0.256 e. The third kappa shape index (κ3) is 3.87. The molecule has 0 spiro atoms. The molecule has 0 saturated heterocycles. The average molecular weight is 369 g/mol. The highest BCUT2D eigenvalue weighted by molar-refractivity contribution is 5.99. The molecule has 3 rings (SSSR count). The van der Waals surface area contributed by atoms with E-state index in [0.717, 1.165) is 12.2 Å². The van der Waals surface area contributed by atoms with Gasteiger partial charge in [-0.1, -0.05) is 58.0 Å². The molecular weight excluding hydrogens is 336 g/mol. The van der Waals surface area contributed by atoms with Crippen molar-refractivity contribution >= 4 is 11.7 Å². The lowest BCUT2D eigenvalue weighted by Crippen LogP contribution is -2.43. The molecule has 2 aromatic rings. The number of carbonyl (C=O) groups excluding carboxylic acids is 1. The Balaban J connectivity index is 1.91. The lowest BCUT2D eigenvalue weighted by atomic mass is 9.89. The zero-order valence-electron chi connectivity index (χ0n) is 17.3. The fourth-order valence-corrected chi connectivity index (χ4v) is 4.13. The van der Waals surface area contributed by atoms with Gasteiger partial charge < -0.3 is 10.6 Å². The van der Waals surface area contributed by atoms with E-state index in [2.05, 4.69) is 81.5 Å². The number of hydrogen-bond acceptors (Lipinski definition) is 3. The normalized spacial score (nSPS) is 18.5. The number of fused-ring (bicyclic) bond motifs is 1. The lowest BCUT2D eigenvalue weighted by Gasteiger charge is -2.38. The van der Waals surface area contributed by atoms with E-state index < -0.39 is 0 Å². The molecular formula is C22H32N4O. The van der Waals surface area contributed by atoms with Crippen molar-refractivity contribution in [2.24, 2.45) is 11.8 Å². The van der Waals surface area contributed by atoms with Crippen molar-refractivity contribution in [2.45, 2.75) is 65.6 Å². The van der Waals surface area contributed by atoms with Gasteiger partial charge in [0.1, 0.15) is 11.4 Å². The lowest BCUT2D eigenvalue weighted by molar-refractivity contribution is 0.0911. The van der Waals surface area contributed by atoms with Crippen LogP contribution in [-0.2, 0) is 5.54 Å². The second-order valence-electron chi connectivity index (χ2n) is 8.93. The maximum Gasteiger partial charge on any atom is 0.256 e. The molecule has 1 aliphatic rings. The Kier molecular flexibility index (Phi) is 5.31.